The van der Waals surface area contributed by atoms with Crippen LogP contribution in [0.3, 0.4) is 0 Å². The van der Waals surface area contributed by atoms with Crippen molar-refractivity contribution < 1.29 is 13.9 Å². The molecule has 1 unspecified atom stereocenters. The maximum absolute atomic E-state index is 13.6. The van der Waals surface area contributed by atoms with Gasteiger partial charge >= 0.3 is 0 Å². The van der Waals surface area contributed by atoms with Gasteiger partial charge < -0.3 is 10.1 Å². The average Bonchev–Trinajstić information content (AvgIpc) is 2.59. The number of hydrogen-bond acceptors (Lipinski definition) is 3. The molecule has 0 heterocycles. The smallest absolute Gasteiger partial charge is 0.261 e. The Morgan fingerprint density at radius 1 is 1.21 bits per heavy atom. The molecule has 5 heteroatoms. The van der Waals surface area contributed by atoms with Gasteiger partial charge in [-0.2, -0.15) is 0 Å². The summed E-state index contributed by atoms with van der Waals surface area (Å²) >= 11 is 1.68. The van der Waals surface area contributed by atoms with Gasteiger partial charge in [0, 0.05) is 17.2 Å². The largest absolute Gasteiger partial charge is 0.478 e. The maximum Gasteiger partial charge on any atom is 0.261 e. The Balaban J connectivity index is 1.77. The summed E-state index contributed by atoms with van der Waals surface area (Å²) in [6.45, 7) is 4.43. The zero-order chi connectivity index (χ0) is 17.4. The van der Waals surface area contributed by atoms with E-state index in [0.29, 0.717) is 13.0 Å². The van der Waals surface area contributed by atoms with Crippen LogP contribution in [0.2, 0.25) is 0 Å². The van der Waals surface area contributed by atoms with Gasteiger partial charge in [0.25, 0.3) is 5.91 Å². The molecule has 0 fully saturated rings. The predicted molar refractivity (Wildman–Crippen MR) is 96.0 cm³/mol. The second kappa shape index (κ2) is 9.33. The molecule has 2 aromatic carbocycles. The quantitative estimate of drug-likeness (QED) is 0.574. The number of amides is 1. The fourth-order valence-corrected chi connectivity index (χ4v) is 2.88. The van der Waals surface area contributed by atoms with E-state index >= 15 is 0 Å². The lowest BCUT2D eigenvalue weighted by atomic mass is 10.2. The summed E-state index contributed by atoms with van der Waals surface area (Å²) in [5.41, 5.74) is 1.23. The number of thioether (sulfide) groups is 1. The van der Waals surface area contributed by atoms with Crippen molar-refractivity contribution >= 4 is 17.7 Å². The lowest BCUT2D eigenvalue weighted by molar-refractivity contribution is -0.128. The summed E-state index contributed by atoms with van der Waals surface area (Å²) in [5.74, 6) is 0.197. The van der Waals surface area contributed by atoms with Gasteiger partial charge in [-0.3, -0.25) is 4.79 Å². The Kier molecular flexibility index (Phi) is 7.12. The summed E-state index contributed by atoms with van der Waals surface area (Å²) in [5, 5.41) is 2.85. The number of nitrogens with one attached hydrogen (secondary N) is 1. The first-order valence-electron chi connectivity index (χ1n) is 7.98. The topological polar surface area (TPSA) is 38.3 Å². The number of aryl methyl sites for hydroxylation is 1. The molecular formula is C19H22FNO2S. The number of carbonyl (C=O) groups is 1. The van der Waals surface area contributed by atoms with Crippen molar-refractivity contribution in [3.05, 3.63) is 59.9 Å². The van der Waals surface area contributed by atoms with Gasteiger partial charge in [0.2, 0.25) is 0 Å². The van der Waals surface area contributed by atoms with Crippen LogP contribution >= 0.6 is 11.8 Å². The third kappa shape index (κ3) is 5.57. The molecule has 0 bridgehead atoms. The first-order chi connectivity index (χ1) is 11.6. The minimum Gasteiger partial charge on any atom is -0.478 e. The molecule has 0 aliphatic carbocycles. The van der Waals surface area contributed by atoms with Crippen LogP contribution in [0, 0.1) is 12.7 Å². The number of hydrogen-bond donors (Lipinski definition) is 1. The van der Waals surface area contributed by atoms with Gasteiger partial charge in [-0.05, 0) is 37.6 Å². The van der Waals surface area contributed by atoms with Crippen LogP contribution in [-0.4, -0.2) is 24.3 Å². The number of rotatable bonds is 8. The number of ether oxygens (including phenoxy) is 1. The summed E-state index contributed by atoms with van der Waals surface area (Å²) < 4.78 is 19.1. The second-order valence-corrected chi connectivity index (χ2v) is 6.57. The summed E-state index contributed by atoms with van der Waals surface area (Å²) in [6, 6.07) is 14.4. The molecule has 0 radical (unpaired) electrons. The Morgan fingerprint density at radius 3 is 2.58 bits per heavy atom. The van der Waals surface area contributed by atoms with Crippen LogP contribution in [0.1, 0.15) is 18.9 Å². The van der Waals surface area contributed by atoms with Gasteiger partial charge in [0.15, 0.2) is 17.7 Å². The van der Waals surface area contributed by atoms with E-state index in [1.54, 1.807) is 23.9 Å². The van der Waals surface area contributed by atoms with E-state index in [-0.39, 0.29) is 11.7 Å². The minimum atomic E-state index is -0.689. The van der Waals surface area contributed by atoms with Gasteiger partial charge in [0.1, 0.15) is 0 Å². The van der Waals surface area contributed by atoms with E-state index in [2.05, 4.69) is 36.5 Å². The Bertz CT molecular complexity index is 661. The van der Waals surface area contributed by atoms with Crippen LogP contribution in [0.5, 0.6) is 5.75 Å². The Labute approximate surface area is 146 Å². The van der Waals surface area contributed by atoms with Gasteiger partial charge in [-0.15, -0.1) is 11.8 Å². The zero-order valence-corrected chi connectivity index (χ0v) is 14.7. The fourth-order valence-electron chi connectivity index (χ4n) is 2.11. The van der Waals surface area contributed by atoms with Crippen molar-refractivity contribution in [3.8, 4) is 5.75 Å². The fraction of sp³-hybridized carbons (Fsp3) is 0.316. The molecule has 0 aliphatic rings. The van der Waals surface area contributed by atoms with Gasteiger partial charge in [-0.1, -0.05) is 36.8 Å². The highest BCUT2D eigenvalue weighted by atomic mass is 32.2. The molecule has 24 heavy (non-hydrogen) atoms. The van der Waals surface area contributed by atoms with E-state index in [1.807, 2.05) is 6.92 Å². The molecule has 128 valence electrons. The molecule has 1 N–H and O–H groups in total. The van der Waals surface area contributed by atoms with Crippen LogP contribution < -0.4 is 10.1 Å². The maximum atomic E-state index is 13.6. The number of halogens is 1. The first-order valence-corrected chi connectivity index (χ1v) is 8.97. The molecule has 0 saturated carbocycles. The summed E-state index contributed by atoms with van der Waals surface area (Å²) in [7, 11) is 0. The monoisotopic (exact) mass is 347 g/mol. The first kappa shape index (κ1) is 18.3. The predicted octanol–water partition coefficient (Wildman–Crippen LogP) is 4.20. The molecule has 0 spiro atoms. The molecule has 2 rings (SSSR count). The molecule has 1 atom stereocenters. The van der Waals surface area contributed by atoms with Crippen molar-refractivity contribution in [1.29, 1.82) is 0 Å². The Morgan fingerprint density at radius 2 is 1.92 bits per heavy atom. The van der Waals surface area contributed by atoms with Crippen molar-refractivity contribution in [2.24, 2.45) is 0 Å². The molecule has 2 aromatic rings. The number of benzene rings is 2. The van der Waals surface area contributed by atoms with Crippen molar-refractivity contribution in [2.75, 3.05) is 12.3 Å². The molecular weight excluding hydrogens is 325 g/mol. The van der Waals surface area contributed by atoms with E-state index in [9.17, 15) is 9.18 Å². The van der Waals surface area contributed by atoms with Crippen LogP contribution in [0.4, 0.5) is 4.39 Å². The third-order valence-electron chi connectivity index (χ3n) is 3.46. The standard InChI is InChI=1S/C19H22FNO2S/c1-3-17(23-18-7-5-4-6-16(18)20)19(22)21-12-13-24-15-10-8-14(2)9-11-15/h4-11,17H,3,12-13H2,1-2H3,(H,21,22). The van der Waals surface area contributed by atoms with Crippen LogP contribution in [0.25, 0.3) is 0 Å². The highest BCUT2D eigenvalue weighted by Gasteiger charge is 2.19. The van der Waals surface area contributed by atoms with E-state index in [4.69, 9.17) is 4.74 Å². The molecule has 0 saturated heterocycles. The lowest BCUT2D eigenvalue weighted by Gasteiger charge is -2.17. The Hall–Kier alpha value is -2.01. The second-order valence-electron chi connectivity index (χ2n) is 5.40. The highest BCUT2D eigenvalue weighted by molar-refractivity contribution is 7.99. The normalized spacial score (nSPS) is 11.8. The minimum absolute atomic E-state index is 0.105. The third-order valence-corrected chi connectivity index (χ3v) is 4.47. The molecule has 0 aromatic heterocycles. The summed E-state index contributed by atoms with van der Waals surface area (Å²) in [6.07, 6.45) is -0.211. The number of para-hydroxylation sites is 1. The van der Waals surface area contributed by atoms with E-state index in [1.165, 1.54) is 22.6 Å². The van der Waals surface area contributed by atoms with E-state index < -0.39 is 11.9 Å². The van der Waals surface area contributed by atoms with Crippen LogP contribution in [0.15, 0.2) is 53.4 Å². The molecule has 0 aliphatic heterocycles. The van der Waals surface area contributed by atoms with Crippen molar-refractivity contribution in [3.63, 3.8) is 0 Å². The summed E-state index contributed by atoms with van der Waals surface area (Å²) in [4.78, 5) is 13.3. The lowest BCUT2D eigenvalue weighted by Crippen LogP contribution is -2.39. The van der Waals surface area contributed by atoms with Gasteiger partial charge in [-0.25, -0.2) is 4.39 Å². The molecule has 3 nitrogen and oxygen atoms in total. The van der Waals surface area contributed by atoms with Crippen molar-refractivity contribution in [1.82, 2.24) is 5.32 Å². The molecule has 1 amide bonds. The van der Waals surface area contributed by atoms with Crippen LogP contribution in [-0.2, 0) is 4.79 Å². The average molecular weight is 347 g/mol. The van der Waals surface area contributed by atoms with Crippen molar-refractivity contribution in [2.45, 2.75) is 31.3 Å². The number of carbonyl (C=O) groups excluding carboxylic acids is 1. The highest BCUT2D eigenvalue weighted by Crippen LogP contribution is 2.19. The SMILES string of the molecule is CCC(Oc1ccccc1F)C(=O)NCCSc1ccc(C)cc1. The zero-order valence-electron chi connectivity index (χ0n) is 13.9. The van der Waals surface area contributed by atoms with E-state index in [0.717, 1.165) is 5.75 Å². The van der Waals surface area contributed by atoms with Gasteiger partial charge in [0.05, 0.1) is 0 Å².